The molecule has 0 spiro atoms. The molecule has 5 rings (SSSR count). The third kappa shape index (κ3) is 3.25. The van der Waals surface area contributed by atoms with Crippen molar-refractivity contribution in [3.05, 3.63) is 30.0 Å². The van der Waals surface area contributed by atoms with Gasteiger partial charge in [0, 0.05) is 31.2 Å². The molecule has 29 heavy (non-hydrogen) atoms. The minimum atomic E-state index is -3.20. The van der Waals surface area contributed by atoms with Crippen LogP contribution in [0, 0.1) is 5.92 Å². The lowest BCUT2D eigenvalue weighted by Crippen LogP contribution is -2.35. The zero-order valence-corrected chi connectivity index (χ0v) is 17.3. The number of aliphatic hydroxyl groups excluding tert-OH is 1. The number of imidazole rings is 1. The van der Waals surface area contributed by atoms with Gasteiger partial charge in [-0.25, -0.2) is 23.1 Å². The van der Waals surface area contributed by atoms with Gasteiger partial charge in [0.05, 0.1) is 28.2 Å². The van der Waals surface area contributed by atoms with Crippen molar-refractivity contribution in [3.8, 4) is 0 Å². The third-order valence-corrected chi connectivity index (χ3v) is 8.48. The molecular formula is C20H27N5O3S. The van der Waals surface area contributed by atoms with E-state index in [0.717, 1.165) is 60.3 Å². The largest absolute Gasteiger partial charge is 0.396 e. The summed E-state index contributed by atoms with van der Waals surface area (Å²) in [5.74, 6) is 1.47. The monoisotopic (exact) mass is 417 g/mol. The Hall–Kier alpha value is -1.97. The number of hydrogen-bond donors (Lipinski definition) is 3. The quantitative estimate of drug-likeness (QED) is 0.545. The summed E-state index contributed by atoms with van der Waals surface area (Å²) >= 11 is 0. The second-order valence-corrected chi connectivity index (χ2v) is 10.4. The standard InChI is InChI=1S/C20H27N5O3S/c1-2-12-9-13(24-29(27,28)14-3-4-14)10-15(12)20-23-16(6-8-26)18-11-22-19-17(25(18)20)5-7-21-19/h5,7,11-15,21,24,26H,2-4,6,8-10H2,1H3/t12-,13+,15?/m1/s1. The highest BCUT2D eigenvalue weighted by Gasteiger charge is 2.42. The maximum absolute atomic E-state index is 12.5. The average molecular weight is 418 g/mol. The van der Waals surface area contributed by atoms with Crippen LogP contribution < -0.4 is 4.72 Å². The lowest BCUT2D eigenvalue weighted by atomic mass is 9.93. The molecule has 2 aliphatic rings. The predicted octanol–water partition coefficient (Wildman–Crippen LogP) is 2.10. The van der Waals surface area contributed by atoms with E-state index in [1.165, 1.54) is 0 Å². The van der Waals surface area contributed by atoms with E-state index >= 15 is 0 Å². The number of rotatable bonds is 7. The topological polar surface area (TPSA) is 112 Å². The Morgan fingerprint density at radius 2 is 2.14 bits per heavy atom. The molecule has 3 heterocycles. The van der Waals surface area contributed by atoms with Crippen LogP contribution in [0.2, 0.25) is 0 Å². The van der Waals surface area contributed by atoms with Gasteiger partial charge in [-0.15, -0.1) is 0 Å². The fraction of sp³-hybridized carbons (Fsp3) is 0.600. The molecule has 3 aromatic heterocycles. The van der Waals surface area contributed by atoms with Crippen LogP contribution in [-0.4, -0.2) is 50.8 Å². The summed E-state index contributed by atoms with van der Waals surface area (Å²) in [4.78, 5) is 12.6. The molecule has 0 bridgehead atoms. The smallest absolute Gasteiger partial charge is 0.214 e. The van der Waals surface area contributed by atoms with Gasteiger partial charge in [-0.05, 0) is 37.7 Å². The first-order valence-corrected chi connectivity index (χ1v) is 12.0. The third-order valence-electron chi connectivity index (χ3n) is 6.47. The van der Waals surface area contributed by atoms with Crippen molar-refractivity contribution < 1.29 is 13.5 Å². The van der Waals surface area contributed by atoms with Crippen molar-refractivity contribution in [2.24, 2.45) is 5.92 Å². The van der Waals surface area contributed by atoms with E-state index in [0.29, 0.717) is 12.3 Å². The Kier molecular flexibility index (Phi) is 4.64. The molecule has 0 aromatic carbocycles. The summed E-state index contributed by atoms with van der Waals surface area (Å²) in [7, 11) is -3.20. The van der Waals surface area contributed by atoms with Crippen LogP contribution in [0.15, 0.2) is 18.5 Å². The molecule has 0 aliphatic heterocycles. The van der Waals surface area contributed by atoms with Crippen molar-refractivity contribution >= 4 is 26.7 Å². The Bertz CT molecular complexity index is 1150. The van der Waals surface area contributed by atoms with Crippen molar-refractivity contribution in [2.45, 2.75) is 62.7 Å². The first kappa shape index (κ1) is 19.0. The van der Waals surface area contributed by atoms with Crippen LogP contribution in [-0.2, 0) is 16.4 Å². The number of nitrogens with one attached hydrogen (secondary N) is 2. The molecule has 2 fully saturated rings. The van der Waals surface area contributed by atoms with E-state index in [2.05, 4.69) is 26.0 Å². The van der Waals surface area contributed by atoms with Crippen LogP contribution in [0.4, 0.5) is 0 Å². The van der Waals surface area contributed by atoms with Crippen LogP contribution in [0.5, 0.6) is 0 Å². The highest BCUT2D eigenvalue weighted by molar-refractivity contribution is 7.90. The van der Waals surface area contributed by atoms with Crippen molar-refractivity contribution in [1.29, 1.82) is 0 Å². The SMILES string of the molecule is CC[C@@H]1C[C@H](NS(=O)(=O)C2CC2)CC1c1nc(CCO)c2cnc3[nH]ccc3n12. The second kappa shape index (κ2) is 7.07. The molecule has 2 saturated carbocycles. The normalized spacial score (nSPS) is 25.4. The van der Waals surface area contributed by atoms with Gasteiger partial charge in [0.15, 0.2) is 5.65 Å². The summed E-state index contributed by atoms with van der Waals surface area (Å²) in [6.07, 6.45) is 8.25. The Balaban J connectivity index is 1.55. The molecular weight excluding hydrogens is 390 g/mol. The summed E-state index contributed by atoms with van der Waals surface area (Å²) in [6, 6.07) is 1.94. The lowest BCUT2D eigenvalue weighted by molar-refractivity contribution is 0.298. The van der Waals surface area contributed by atoms with Crippen molar-refractivity contribution in [2.75, 3.05) is 6.61 Å². The van der Waals surface area contributed by atoms with Crippen LogP contribution in [0.1, 0.15) is 56.5 Å². The fourth-order valence-corrected chi connectivity index (χ4v) is 6.49. The molecule has 9 heteroatoms. The molecule has 3 atom stereocenters. The second-order valence-electron chi connectivity index (χ2n) is 8.39. The Morgan fingerprint density at radius 1 is 1.31 bits per heavy atom. The van der Waals surface area contributed by atoms with Crippen LogP contribution in [0.3, 0.4) is 0 Å². The van der Waals surface area contributed by atoms with Gasteiger partial charge in [-0.2, -0.15) is 0 Å². The number of nitrogens with zero attached hydrogens (tertiary/aromatic N) is 3. The predicted molar refractivity (Wildman–Crippen MR) is 110 cm³/mol. The van der Waals surface area contributed by atoms with Gasteiger partial charge >= 0.3 is 0 Å². The number of aromatic nitrogens is 4. The Morgan fingerprint density at radius 3 is 2.86 bits per heavy atom. The van der Waals surface area contributed by atoms with Crippen molar-refractivity contribution in [1.82, 2.24) is 24.1 Å². The number of aliphatic hydroxyl groups is 1. The Labute approximate surface area is 169 Å². The summed E-state index contributed by atoms with van der Waals surface area (Å²) in [5.41, 5.74) is 3.52. The van der Waals surface area contributed by atoms with Gasteiger partial charge in [0.1, 0.15) is 5.82 Å². The van der Waals surface area contributed by atoms with Crippen LogP contribution >= 0.6 is 0 Å². The molecule has 0 amide bonds. The zero-order chi connectivity index (χ0) is 20.2. The van der Waals surface area contributed by atoms with Crippen molar-refractivity contribution in [3.63, 3.8) is 0 Å². The summed E-state index contributed by atoms with van der Waals surface area (Å²) in [5, 5.41) is 9.30. The number of H-pyrrole nitrogens is 1. The fourth-order valence-electron chi connectivity index (χ4n) is 4.88. The van der Waals surface area contributed by atoms with Gasteiger partial charge < -0.3 is 10.1 Å². The highest BCUT2D eigenvalue weighted by Crippen LogP contribution is 2.43. The zero-order valence-electron chi connectivity index (χ0n) is 16.5. The van der Waals surface area contributed by atoms with E-state index in [9.17, 15) is 13.5 Å². The first-order chi connectivity index (χ1) is 14.0. The van der Waals surface area contributed by atoms with Gasteiger partial charge in [0.2, 0.25) is 10.0 Å². The van der Waals surface area contributed by atoms with E-state index in [1.807, 2.05) is 18.5 Å². The number of hydrogen-bond acceptors (Lipinski definition) is 5. The summed E-state index contributed by atoms with van der Waals surface area (Å²) < 4.78 is 30.0. The van der Waals surface area contributed by atoms with Gasteiger partial charge in [-0.3, -0.25) is 4.40 Å². The molecule has 3 aromatic rings. The average Bonchev–Trinajstić information content (AvgIpc) is 3.18. The molecule has 0 radical (unpaired) electrons. The first-order valence-electron chi connectivity index (χ1n) is 10.5. The number of fused-ring (bicyclic) bond motifs is 3. The molecule has 8 nitrogen and oxygen atoms in total. The maximum atomic E-state index is 12.5. The van der Waals surface area contributed by atoms with E-state index in [-0.39, 0.29) is 23.8 Å². The number of sulfonamides is 1. The van der Waals surface area contributed by atoms with Gasteiger partial charge in [0.25, 0.3) is 0 Å². The maximum Gasteiger partial charge on any atom is 0.214 e. The minimum Gasteiger partial charge on any atom is -0.396 e. The lowest BCUT2D eigenvalue weighted by Gasteiger charge is -2.17. The highest BCUT2D eigenvalue weighted by atomic mass is 32.2. The van der Waals surface area contributed by atoms with E-state index < -0.39 is 10.0 Å². The van der Waals surface area contributed by atoms with E-state index in [1.54, 1.807) is 0 Å². The molecule has 3 N–H and O–H groups in total. The van der Waals surface area contributed by atoms with E-state index in [4.69, 9.17) is 4.98 Å². The molecule has 156 valence electrons. The number of aromatic amines is 1. The minimum absolute atomic E-state index is 0.0307. The van der Waals surface area contributed by atoms with Crippen LogP contribution in [0.25, 0.3) is 16.7 Å². The summed E-state index contributed by atoms with van der Waals surface area (Å²) in [6.45, 7) is 2.19. The molecule has 2 aliphatic carbocycles. The molecule has 1 unspecified atom stereocenters. The van der Waals surface area contributed by atoms with Gasteiger partial charge in [-0.1, -0.05) is 13.3 Å². The molecule has 0 saturated heterocycles.